The Balaban J connectivity index is 1.65. The zero-order valence-corrected chi connectivity index (χ0v) is 15.1. The number of rotatable bonds is 3. The molecule has 0 saturated carbocycles. The van der Waals surface area contributed by atoms with Gasteiger partial charge in [0, 0.05) is 25.2 Å². The van der Waals surface area contributed by atoms with Crippen molar-refractivity contribution in [3.63, 3.8) is 0 Å². The number of carbonyl (C=O) groups is 1. The fraction of sp³-hybridized carbons (Fsp3) is 0.278. The number of ether oxygens (including phenoxy) is 1. The zero-order valence-electron chi connectivity index (χ0n) is 14.3. The Morgan fingerprint density at radius 3 is 2.88 bits per heavy atom. The highest BCUT2D eigenvalue weighted by Gasteiger charge is 2.38. The number of anilines is 1. The van der Waals surface area contributed by atoms with Gasteiger partial charge in [0.25, 0.3) is 5.91 Å². The largest absolute Gasteiger partial charge is 0.457 e. The molecule has 4 rings (SSSR count). The quantitative estimate of drug-likeness (QED) is 0.657. The first-order chi connectivity index (χ1) is 12.5. The number of nitrogens with zero attached hydrogens (tertiary/aromatic N) is 1. The Kier molecular flexibility index (Phi) is 4.28. The highest BCUT2D eigenvalue weighted by Crippen LogP contribution is 2.55. The first-order valence-electron chi connectivity index (χ1n) is 8.44. The van der Waals surface area contributed by atoms with Crippen molar-refractivity contribution in [2.45, 2.75) is 23.9 Å². The summed E-state index contributed by atoms with van der Waals surface area (Å²) in [5.74, 6) is 0.793. The van der Waals surface area contributed by atoms with Crippen LogP contribution in [0.4, 0.5) is 5.69 Å². The second-order valence-corrected chi connectivity index (χ2v) is 8.13. The van der Waals surface area contributed by atoms with E-state index >= 15 is 0 Å². The molecule has 2 aliphatic rings. The molecule has 1 unspecified atom stereocenters. The van der Waals surface area contributed by atoms with E-state index in [9.17, 15) is 13.9 Å². The van der Waals surface area contributed by atoms with Crippen LogP contribution in [0.2, 0.25) is 0 Å². The fourth-order valence-corrected chi connectivity index (χ4v) is 4.94. The molecule has 1 atom stereocenters. The van der Waals surface area contributed by atoms with Crippen LogP contribution in [0.3, 0.4) is 0 Å². The maximum absolute atomic E-state index is 11.8. The van der Waals surface area contributed by atoms with Crippen LogP contribution in [0.15, 0.2) is 47.4 Å². The predicted octanol–water partition coefficient (Wildman–Crippen LogP) is 3.39. The van der Waals surface area contributed by atoms with E-state index in [-0.39, 0.29) is 12.1 Å². The lowest BCUT2D eigenvalue weighted by molar-refractivity contribution is 0.0962. The third-order valence-corrected chi connectivity index (χ3v) is 6.20. The van der Waals surface area contributed by atoms with E-state index in [0.717, 1.165) is 25.1 Å². The molecule has 0 radical (unpaired) electrons. The number of carbonyl (C=O) groups excluding carboxylic acids is 1. The molecule has 2 aromatic rings. The molecule has 26 heavy (non-hydrogen) atoms. The van der Waals surface area contributed by atoms with E-state index in [0.29, 0.717) is 22.0 Å². The minimum Gasteiger partial charge on any atom is -0.457 e. The molecule has 7 nitrogen and oxygen atoms in total. The molecule has 1 fully saturated rings. The van der Waals surface area contributed by atoms with Crippen molar-refractivity contribution < 1.29 is 18.6 Å². The molecule has 2 heterocycles. The second kappa shape index (κ2) is 6.48. The molecule has 1 saturated heterocycles. The highest BCUT2D eigenvalue weighted by atomic mass is 32.3. The summed E-state index contributed by atoms with van der Waals surface area (Å²) < 4.78 is 29.8. The van der Waals surface area contributed by atoms with Crippen LogP contribution in [0.25, 0.3) is 0 Å². The molecule has 1 amide bonds. The lowest BCUT2D eigenvalue weighted by Gasteiger charge is -2.46. The number of nitrogens with one attached hydrogen (secondary N) is 2. The minimum atomic E-state index is -3.07. The van der Waals surface area contributed by atoms with Crippen molar-refractivity contribution in [2.75, 3.05) is 18.5 Å². The van der Waals surface area contributed by atoms with Gasteiger partial charge in [-0.05, 0) is 43.2 Å². The number of benzene rings is 2. The van der Waals surface area contributed by atoms with E-state index in [1.165, 1.54) is 0 Å². The maximum atomic E-state index is 11.8. The third kappa shape index (κ3) is 3.01. The average molecular weight is 375 g/mol. The number of fused-ring (bicyclic) bond motifs is 3. The molecular formula is C18H21N3O4S. The van der Waals surface area contributed by atoms with Gasteiger partial charge in [0.2, 0.25) is 0 Å². The normalized spacial score (nSPS) is 21.5. The molecule has 2 aromatic carbocycles. The van der Waals surface area contributed by atoms with Gasteiger partial charge in [-0.25, -0.2) is 0 Å². The first-order valence-corrected chi connectivity index (χ1v) is 9.99. The van der Waals surface area contributed by atoms with Gasteiger partial charge < -0.3 is 15.0 Å². The minimum absolute atomic E-state index is 0.0384. The van der Waals surface area contributed by atoms with Crippen LogP contribution >= 0.6 is 10.8 Å². The van der Waals surface area contributed by atoms with Crippen LogP contribution in [0.5, 0.6) is 11.5 Å². The Labute approximate surface area is 153 Å². The molecule has 0 bridgehead atoms. The number of hydrogen-bond acceptors (Lipinski definition) is 6. The van der Waals surface area contributed by atoms with E-state index in [1.807, 2.05) is 12.1 Å². The van der Waals surface area contributed by atoms with E-state index in [1.54, 1.807) is 37.4 Å². The molecule has 8 heteroatoms. The third-order valence-electron chi connectivity index (χ3n) is 4.66. The van der Waals surface area contributed by atoms with E-state index in [4.69, 9.17) is 4.74 Å². The lowest BCUT2D eigenvalue weighted by Crippen LogP contribution is -2.46. The standard InChI is InChI=1S/C18H21N3O4S/c1-19-18(22)12-4-2-5-13(10-12)25-14-7-8-15-16(11-14)26(23,24)20-17-6-3-9-21(15)17/h2,4-5,7-8,10-11,17,20,23-24H,3,6,9H2,1H3,(H,19,22). The van der Waals surface area contributed by atoms with Crippen LogP contribution in [-0.2, 0) is 0 Å². The van der Waals surface area contributed by atoms with Gasteiger partial charge in [-0.3, -0.25) is 13.9 Å². The highest BCUT2D eigenvalue weighted by molar-refractivity contribution is 8.22. The topological polar surface area (TPSA) is 94.1 Å². The monoisotopic (exact) mass is 375 g/mol. The Morgan fingerprint density at radius 2 is 2.08 bits per heavy atom. The van der Waals surface area contributed by atoms with Gasteiger partial charge in [-0.2, -0.15) is 4.72 Å². The second-order valence-electron chi connectivity index (χ2n) is 6.36. The summed E-state index contributed by atoms with van der Waals surface area (Å²) in [5.41, 5.74) is 1.33. The van der Waals surface area contributed by atoms with Gasteiger partial charge >= 0.3 is 0 Å². The van der Waals surface area contributed by atoms with Crippen LogP contribution in [0, 0.1) is 0 Å². The first kappa shape index (κ1) is 17.2. The lowest BCUT2D eigenvalue weighted by atomic mass is 10.2. The van der Waals surface area contributed by atoms with Crippen molar-refractivity contribution in [3.8, 4) is 11.5 Å². The van der Waals surface area contributed by atoms with Crippen molar-refractivity contribution in [1.82, 2.24) is 10.0 Å². The number of amides is 1. The summed E-state index contributed by atoms with van der Waals surface area (Å²) in [6.45, 7) is 0.883. The molecule has 0 spiro atoms. The molecular weight excluding hydrogens is 354 g/mol. The van der Waals surface area contributed by atoms with E-state index < -0.39 is 10.8 Å². The van der Waals surface area contributed by atoms with Crippen molar-refractivity contribution in [1.29, 1.82) is 0 Å². The summed E-state index contributed by atoms with van der Waals surface area (Å²) >= 11 is 0. The van der Waals surface area contributed by atoms with Gasteiger partial charge in [0.1, 0.15) is 16.4 Å². The molecule has 138 valence electrons. The number of hydrogen-bond donors (Lipinski definition) is 4. The summed E-state index contributed by atoms with van der Waals surface area (Å²) in [4.78, 5) is 14.4. The van der Waals surface area contributed by atoms with Crippen molar-refractivity contribution >= 4 is 22.4 Å². The Morgan fingerprint density at radius 1 is 1.27 bits per heavy atom. The fourth-order valence-electron chi connectivity index (χ4n) is 3.44. The molecule has 0 aliphatic carbocycles. The van der Waals surface area contributed by atoms with Gasteiger partial charge in [-0.1, -0.05) is 6.07 Å². The van der Waals surface area contributed by atoms with Gasteiger partial charge in [-0.15, -0.1) is 10.8 Å². The van der Waals surface area contributed by atoms with Gasteiger partial charge in [0.15, 0.2) is 0 Å². The van der Waals surface area contributed by atoms with Crippen LogP contribution in [-0.4, -0.2) is 34.8 Å². The summed E-state index contributed by atoms with van der Waals surface area (Å²) in [6, 6.07) is 12.2. The Bertz CT molecular complexity index is 858. The molecule has 0 aromatic heterocycles. The predicted molar refractivity (Wildman–Crippen MR) is 101 cm³/mol. The molecule has 4 N–H and O–H groups in total. The SMILES string of the molecule is CNC(=O)c1cccc(Oc2ccc3c(c2)S(O)(O)NC2CCCN32)c1. The summed E-state index contributed by atoms with van der Waals surface area (Å²) in [6.07, 6.45) is 1.86. The van der Waals surface area contributed by atoms with Gasteiger partial charge in [0.05, 0.1) is 11.9 Å². The zero-order chi connectivity index (χ0) is 18.3. The van der Waals surface area contributed by atoms with Crippen molar-refractivity contribution in [2.24, 2.45) is 0 Å². The van der Waals surface area contributed by atoms with Crippen molar-refractivity contribution in [3.05, 3.63) is 48.0 Å². The summed E-state index contributed by atoms with van der Waals surface area (Å²) in [7, 11) is -1.50. The van der Waals surface area contributed by atoms with E-state index in [2.05, 4.69) is 14.9 Å². The molecule has 2 aliphatic heterocycles. The summed E-state index contributed by atoms with van der Waals surface area (Å²) in [5, 5.41) is 2.57. The van der Waals surface area contributed by atoms with Crippen LogP contribution in [0.1, 0.15) is 23.2 Å². The Hall–Kier alpha value is -2.26. The average Bonchev–Trinajstić information content (AvgIpc) is 3.09. The van der Waals surface area contributed by atoms with Crippen LogP contribution < -0.4 is 19.7 Å². The smallest absolute Gasteiger partial charge is 0.251 e. The maximum Gasteiger partial charge on any atom is 0.251 e.